The number of halogens is 1. The van der Waals surface area contributed by atoms with Gasteiger partial charge >= 0.3 is 0 Å². The summed E-state index contributed by atoms with van der Waals surface area (Å²) in [5.41, 5.74) is 0.982. The van der Waals surface area contributed by atoms with Crippen molar-refractivity contribution in [2.45, 2.75) is 6.42 Å². The third-order valence-electron chi connectivity index (χ3n) is 3.44. The SMILES string of the molecule is COc1ccc(C(=O)NCC(=O)NCCc2ccccc2F)cc1. The maximum atomic E-state index is 13.4. The van der Waals surface area contributed by atoms with Crippen molar-refractivity contribution in [2.24, 2.45) is 0 Å². The molecule has 0 fully saturated rings. The molecule has 2 N–H and O–H groups in total. The highest BCUT2D eigenvalue weighted by atomic mass is 19.1. The lowest BCUT2D eigenvalue weighted by atomic mass is 10.1. The summed E-state index contributed by atoms with van der Waals surface area (Å²) in [6.07, 6.45) is 0.394. The van der Waals surface area contributed by atoms with Gasteiger partial charge in [-0.05, 0) is 42.3 Å². The van der Waals surface area contributed by atoms with Crippen LogP contribution in [0.15, 0.2) is 48.5 Å². The predicted octanol–water partition coefficient (Wildman–Crippen LogP) is 1.92. The van der Waals surface area contributed by atoms with Crippen LogP contribution in [0.4, 0.5) is 4.39 Å². The van der Waals surface area contributed by atoms with Gasteiger partial charge in [-0.2, -0.15) is 0 Å². The standard InChI is InChI=1S/C18H19FN2O3/c1-24-15-8-6-14(7-9-15)18(23)21-12-17(22)20-11-10-13-4-2-3-5-16(13)19/h2-9H,10-12H2,1H3,(H,20,22)(H,21,23). The second-order valence-electron chi connectivity index (χ2n) is 5.10. The molecule has 0 aliphatic heterocycles. The molecule has 0 unspecified atom stereocenters. The first kappa shape index (κ1) is 17.5. The summed E-state index contributed by atoms with van der Waals surface area (Å²) in [6, 6.07) is 13.0. The smallest absolute Gasteiger partial charge is 0.251 e. The monoisotopic (exact) mass is 330 g/mol. The molecule has 2 amide bonds. The molecule has 6 heteroatoms. The van der Waals surface area contributed by atoms with Crippen molar-refractivity contribution in [3.8, 4) is 5.75 Å². The third kappa shape index (κ3) is 5.08. The van der Waals surface area contributed by atoms with Crippen LogP contribution in [-0.2, 0) is 11.2 Å². The second kappa shape index (κ2) is 8.67. The molecule has 0 atom stereocenters. The Labute approximate surface area is 139 Å². The van der Waals surface area contributed by atoms with E-state index in [1.807, 2.05) is 0 Å². The molecule has 126 valence electrons. The number of hydrogen-bond acceptors (Lipinski definition) is 3. The number of rotatable bonds is 7. The quantitative estimate of drug-likeness (QED) is 0.815. The minimum absolute atomic E-state index is 0.137. The van der Waals surface area contributed by atoms with Gasteiger partial charge in [-0.25, -0.2) is 4.39 Å². The van der Waals surface area contributed by atoms with Crippen LogP contribution in [-0.4, -0.2) is 32.0 Å². The maximum absolute atomic E-state index is 13.4. The molecule has 24 heavy (non-hydrogen) atoms. The second-order valence-corrected chi connectivity index (χ2v) is 5.10. The van der Waals surface area contributed by atoms with Crippen LogP contribution in [0.1, 0.15) is 15.9 Å². The Morgan fingerprint density at radius 2 is 1.75 bits per heavy atom. The first-order chi connectivity index (χ1) is 11.6. The molecular weight excluding hydrogens is 311 g/mol. The van der Waals surface area contributed by atoms with Gasteiger partial charge in [0.25, 0.3) is 5.91 Å². The van der Waals surface area contributed by atoms with Crippen molar-refractivity contribution in [2.75, 3.05) is 20.2 Å². The van der Waals surface area contributed by atoms with Crippen molar-refractivity contribution in [3.05, 3.63) is 65.5 Å². The van der Waals surface area contributed by atoms with E-state index in [2.05, 4.69) is 10.6 Å². The number of benzene rings is 2. The van der Waals surface area contributed by atoms with Gasteiger partial charge in [0.2, 0.25) is 5.91 Å². The summed E-state index contributed by atoms with van der Waals surface area (Å²) in [5, 5.41) is 5.17. The minimum atomic E-state index is -0.345. The summed E-state index contributed by atoms with van der Waals surface area (Å²) < 4.78 is 18.4. The van der Waals surface area contributed by atoms with E-state index in [-0.39, 0.29) is 24.2 Å². The summed E-state index contributed by atoms with van der Waals surface area (Å²) in [6.45, 7) is 0.167. The fourth-order valence-corrected chi connectivity index (χ4v) is 2.11. The maximum Gasteiger partial charge on any atom is 0.251 e. The Hall–Kier alpha value is -2.89. The lowest BCUT2D eigenvalue weighted by Crippen LogP contribution is -2.37. The van der Waals surface area contributed by atoms with E-state index in [9.17, 15) is 14.0 Å². The van der Waals surface area contributed by atoms with Gasteiger partial charge in [-0.3, -0.25) is 9.59 Å². The summed E-state index contributed by atoms with van der Waals surface area (Å²) in [4.78, 5) is 23.6. The van der Waals surface area contributed by atoms with Gasteiger partial charge in [-0.15, -0.1) is 0 Å². The lowest BCUT2D eigenvalue weighted by Gasteiger charge is -2.08. The topological polar surface area (TPSA) is 67.4 Å². The molecule has 0 aliphatic rings. The van der Waals surface area contributed by atoms with Gasteiger partial charge in [0, 0.05) is 12.1 Å². The molecule has 2 aromatic rings. The first-order valence-corrected chi connectivity index (χ1v) is 7.52. The molecule has 0 aromatic heterocycles. The average Bonchev–Trinajstić information content (AvgIpc) is 2.61. The Bertz CT molecular complexity index is 702. The third-order valence-corrected chi connectivity index (χ3v) is 3.44. The van der Waals surface area contributed by atoms with Gasteiger partial charge in [0.05, 0.1) is 13.7 Å². The van der Waals surface area contributed by atoms with Crippen LogP contribution in [0.25, 0.3) is 0 Å². The average molecular weight is 330 g/mol. The van der Waals surface area contributed by atoms with Crippen molar-refractivity contribution in [1.29, 1.82) is 0 Å². The Kier molecular flexibility index (Phi) is 6.31. The van der Waals surface area contributed by atoms with Crippen molar-refractivity contribution >= 4 is 11.8 Å². The van der Waals surface area contributed by atoms with E-state index < -0.39 is 0 Å². The molecule has 0 bridgehead atoms. The minimum Gasteiger partial charge on any atom is -0.497 e. The Morgan fingerprint density at radius 3 is 2.42 bits per heavy atom. The van der Waals surface area contributed by atoms with Crippen LogP contribution in [0.3, 0.4) is 0 Å². The fraction of sp³-hybridized carbons (Fsp3) is 0.222. The van der Waals surface area contributed by atoms with E-state index in [1.54, 1.807) is 49.6 Å². The van der Waals surface area contributed by atoms with Gasteiger partial charge < -0.3 is 15.4 Å². The van der Waals surface area contributed by atoms with Gasteiger partial charge in [0.1, 0.15) is 11.6 Å². The number of carbonyl (C=O) groups is 2. The number of nitrogens with one attached hydrogen (secondary N) is 2. The molecule has 2 aromatic carbocycles. The van der Waals surface area contributed by atoms with E-state index in [0.717, 1.165) is 0 Å². The first-order valence-electron chi connectivity index (χ1n) is 7.52. The number of ether oxygens (including phenoxy) is 1. The molecule has 2 rings (SSSR count). The van der Waals surface area contributed by atoms with Crippen molar-refractivity contribution in [1.82, 2.24) is 10.6 Å². The van der Waals surface area contributed by atoms with Crippen LogP contribution in [0.2, 0.25) is 0 Å². The van der Waals surface area contributed by atoms with Crippen LogP contribution < -0.4 is 15.4 Å². The molecule has 0 saturated carbocycles. The molecule has 0 aliphatic carbocycles. The van der Waals surface area contributed by atoms with Crippen molar-refractivity contribution < 1.29 is 18.7 Å². The Morgan fingerprint density at radius 1 is 1.04 bits per heavy atom. The fourth-order valence-electron chi connectivity index (χ4n) is 2.11. The largest absolute Gasteiger partial charge is 0.497 e. The molecular formula is C18H19FN2O3. The van der Waals surface area contributed by atoms with E-state index in [0.29, 0.717) is 29.8 Å². The number of amides is 2. The molecule has 0 saturated heterocycles. The van der Waals surface area contributed by atoms with E-state index in [4.69, 9.17) is 4.74 Å². The molecule has 0 heterocycles. The van der Waals surface area contributed by atoms with Gasteiger partial charge in [0.15, 0.2) is 0 Å². The van der Waals surface area contributed by atoms with E-state index in [1.165, 1.54) is 6.07 Å². The normalized spacial score (nSPS) is 10.1. The summed E-state index contributed by atoms with van der Waals surface area (Å²) in [5.74, 6) is -0.313. The van der Waals surface area contributed by atoms with Crippen LogP contribution in [0, 0.1) is 5.82 Å². The lowest BCUT2D eigenvalue weighted by molar-refractivity contribution is -0.120. The molecule has 5 nitrogen and oxygen atoms in total. The van der Waals surface area contributed by atoms with Crippen LogP contribution in [0.5, 0.6) is 5.75 Å². The molecule has 0 radical (unpaired) electrons. The number of hydrogen-bond donors (Lipinski definition) is 2. The zero-order valence-corrected chi connectivity index (χ0v) is 13.3. The zero-order chi connectivity index (χ0) is 17.4. The number of methoxy groups -OCH3 is 1. The van der Waals surface area contributed by atoms with E-state index >= 15 is 0 Å². The predicted molar refractivity (Wildman–Crippen MR) is 88.4 cm³/mol. The Balaban J connectivity index is 1.72. The highest BCUT2D eigenvalue weighted by Gasteiger charge is 2.08. The summed E-state index contributed by atoms with van der Waals surface area (Å²) >= 11 is 0. The highest BCUT2D eigenvalue weighted by molar-refractivity contribution is 5.96. The molecule has 0 spiro atoms. The van der Waals surface area contributed by atoms with Gasteiger partial charge in [-0.1, -0.05) is 18.2 Å². The van der Waals surface area contributed by atoms with Crippen LogP contribution >= 0.6 is 0 Å². The number of carbonyl (C=O) groups excluding carboxylic acids is 2. The highest BCUT2D eigenvalue weighted by Crippen LogP contribution is 2.11. The van der Waals surface area contributed by atoms with Crippen molar-refractivity contribution in [3.63, 3.8) is 0 Å². The zero-order valence-electron chi connectivity index (χ0n) is 13.3. The summed E-state index contributed by atoms with van der Waals surface area (Å²) in [7, 11) is 1.54.